The fourth-order valence-electron chi connectivity index (χ4n) is 2.07. The molecule has 0 radical (unpaired) electrons. The molecule has 3 heteroatoms. The Bertz CT molecular complexity index is 401. The quantitative estimate of drug-likeness (QED) is 0.713. The molecule has 0 aromatic carbocycles. The maximum Gasteiger partial charge on any atom is 0.118 e. The lowest BCUT2D eigenvalue weighted by Gasteiger charge is -2.17. The molecule has 0 bridgehead atoms. The molecule has 0 unspecified atom stereocenters. The van der Waals surface area contributed by atoms with Gasteiger partial charge in [0.25, 0.3) is 0 Å². The lowest BCUT2D eigenvalue weighted by molar-refractivity contribution is 0.262. The predicted molar refractivity (Wildman–Crippen MR) is 72.9 cm³/mol. The number of rotatable bonds is 8. The van der Waals surface area contributed by atoms with Gasteiger partial charge in [-0.1, -0.05) is 12.8 Å². The lowest BCUT2D eigenvalue weighted by atomic mass is 10.3. The summed E-state index contributed by atoms with van der Waals surface area (Å²) in [7, 11) is 0. The van der Waals surface area contributed by atoms with Crippen LogP contribution in [0.1, 0.15) is 31.1 Å². The average molecular weight is 246 g/mol. The molecule has 98 valence electrons. The first-order valence-corrected chi connectivity index (χ1v) is 6.74. The summed E-state index contributed by atoms with van der Waals surface area (Å²) < 4.78 is 5.59. The van der Waals surface area contributed by atoms with E-state index in [0.717, 1.165) is 37.9 Å². The minimum absolute atomic E-state index is 0.708. The monoisotopic (exact) mass is 246 g/mol. The molecule has 1 aromatic heterocycles. The molecule has 1 N–H and O–H groups in total. The first-order valence-electron chi connectivity index (χ1n) is 6.74. The predicted octanol–water partition coefficient (Wildman–Crippen LogP) is 2.23. The molecule has 1 fully saturated rings. The molecule has 2 rings (SSSR count). The Hall–Kier alpha value is -1.24. The van der Waals surface area contributed by atoms with Gasteiger partial charge in [-0.05, 0) is 31.4 Å². The van der Waals surface area contributed by atoms with Crippen molar-refractivity contribution in [2.24, 2.45) is 5.92 Å². The minimum atomic E-state index is 0.708. The second kappa shape index (κ2) is 6.63. The largest absolute Gasteiger partial charge is 0.468 e. The van der Waals surface area contributed by atoms with E-state index < -0.39 is 0 Å². The Labute approximate surface area is 110 Å². The van der Waals surface area contributed by atoms with Crippen molar-refractivity contribution >= 4 is 0 Å². The van der Waals surface area contributed by atoms with Gasteiger partial charge >= 0.3 is 0 Å². The van der Waals surface area contributed by atoms with Crippen LogP contribution in [0.5, 0.6) is 0 Å². The third-order valence-corrected chi connectivity index (χ3v) is 3.19. The summed E-state index contributed by atoms with van der Waals surface area (Å²) in [5.41, 5.74) is 1.21. The zero-order valence-corrected chi connectivity index (χ0v) is 11.1. The molecule has 0 aliphatic heterocycles. The molecule has 0 spiro atoms. The van der Waals surface area contributed by atoms with E-state index in [1.165, 1.54) is 18.4 Å². The van der Waals surface area contributed by atoms with Crippen molar-refractivity contribution in [2.75, 3.05) is 19.6 Å². The van der Waals surface area contributed by atoms with Crippen LogP contribution in [0.3, 0.4) is 0 Å². The Morgan fingerprint density at radius 2 is 2.39 bits per heavy atom. The molecule has 0 atom stereocenters. The van der Waals surface area contributed by atoms with Crippen LogP contribution in [0.15, 0.2) is 16.7 Å². The molecule has 1 aromatic rings. The molecule has 1 aliphatic rings. The van der Waals surface area contributed by atoms with Gasteiger partial charge in [-0.25, -0.2) is 0 Å². The number of furan rings is 1. The molecule has 0 saturated heterocycles. The van der Waals surface area contributed by atoms with Crippen molar-refractivity contribution in [2.45, 2.75) is 32.9 Å². The van der Waals surface area contributed by atoms with Gasteiger partial charge in [-0.15, -0.1) is 6.42 Å². The zero-order valence-electron chi connectivity index (χ0n) is 11.1. The summed E-state index contributed by atoms with van der Waals surface area (Å²) in [6, 6.07) is 2.12. The highest BCUT2D eigenvalue weighted by Gasteiger charge is 2.24. The fourth-order valence-corrected chi connectivity index (χ4v) is 2.07. The van der Waals surface area contributed by atoms with E-state index in [0.29, 0.717) is 6.54 Å². The van der Waals surface area contributed by atoms with Crippen LogP contribution in [0.4, 0.5) is 0 Å². The second-order valence-electron chi connectivity index (χ2n) is 5.02. The Balaban J connectivity index is 1.85. The van der Waals surface area contributed by atoms with Crippen LogP contribution in [-0.4, -0.2) is 24.5 Å². The standard InChI is InChI=1S/C15H22N2O/c1-3-7-17(10-13-5-6-13)11-15-8-14(12-18-15)9-16-4-2/h1,8,12-13,16H,4-7,9-11H2,2H3. The van der Waals surface area contributed by atoms with Gasteiger partial charge in [-0.3, -0.25) is 4.90 Å². The molecular formula is C15H22N2O. The van der Waals surface area contributed by atoms with Crippen LogP contribution in [0.25, 0.3) is 0 Å². The molecule has 1 heterocycles. The smallest absolute Gasteiger partial charge is 0.118 e. The third kappa shape index (κ3) is 4.21. The Kier molecular flexibility index (Phi) is 4.86. The number of terminal acetylenes is 1. The molecule has 1 aliphatic carbocycles. The van der Waals surface area contributed by atoms with Crippen molar-refractivity contribution in [3.63, 3.8) is 0 Å². The minimum Gasteiger partial charge on any atom is -0.468 e. The highest BCUT2D eigenvalue weighted by Crippen LogP contribution is 2.30. The van der Waals surface area contributed by atoms with Crippen molar-refractivity contribution < 1.29 is 4.42 Å². The number of nitrogens with one attached hydrogen (secondary N) is 1. The second-order valence-corrected chi connectivity index (χ2v) is 5.02. The summed E-state index contributed by atoms with van der Waals surface area (Å²) in [6.45, 7) is 6.59. The maximum atomic E-state index is 5.59. The van der Waals surface area contributed by atoms with E-state index >= 15 is 0 Å². The van der Waals surface area contributed by atoms with E-state index in [4.69, 9.17) is 10.8 Å². The topological polar surface area (TPSA) is 28.4 Å². The first-order chi connectivity index (χ1) is 8.81. The summed E-state index contributed by atoms with van der Waals surface area (Å²) >= 11 is 0. The van der Waals surface area contributed by atoms with E-state index in [9.17, 15) is 0 Å². The zero-order chi connectivity index (χ0) is 12.8. The highest BCUT2D eigenvalue weighted by molar-refractivity contribution is 5.13. The van der Waals surface area contributed by atoms with Gasteiger partial charge in [0, 0.05) is 18.7 Å². The van der Waals surface area contributed by atoms with Crippen molar-refractivity contribution in [1.82, 2.24) is 10.2 Å². The average Bonchev–Trinajstić information content (AvgIpc) is 3.05. The summed E-state index contributed by atoms with van der Waals surface area (Å²) in [5.74, 6) is 4.60. The molecule has 1 saturated carbocycles. The van der Waals surface area contributed by atoms with Crippen LogP contribution in [-0.2, 0) is 13.1 Å². The van der Waals surface area contributed by atoms with Crippen molar-refractivity contribution in [1.29, 1.82) is 0 Å². The van der Waals surface area contributed by atoms with E-state index in [-0.39, 0.29) is 0 Å². The van der Waals surface area contributed by atoms with Crippen LogP contribution in [0, 0.1) is 18.3 Å². The summed E-state index contributed by atoms with van der Waals surface area (Å²) in [4.78, 5) is 2.30. The normalized spacial score (nSPS) is 14.9. The van der Waals surface area contributed by atoms with E-state index in [2.05, 4.69) is 29.1 Å². The number of nitrogens with zero attached hydrogens (tertiary/aromatic N) is 1. The molecular weight excluding hydrogens is 224 g/mol. The lowest BCUT2D eigenvalue weighted by Crippen LogP contribution is -2.25. The van der Waals surface area contributed by atoms with E-state index in [1.807, 2.05) is 6.26 Å². The summed E-state index contributed by atoms with van der Waals surface area (Å²) in [6.07, 6.45) is 9.96. The van der Waals surface area contributed by atoms with Crippen LogP contribution >= 0.6 is 0 Å². The summed E-state index contributed by atoms with van der Waals surface area (Å²) in [5, 5.41) is 3.29. The Morgan fingerprint density at radius 1 is 1.56 bits per heavy atom. The molecule has 18 heavy (non-hydrogen) atoms. The van der Waals surface area contributed by atoms with Gasteiger partial charge in [0.15, 0.2) is 0 Å². The van der Waals surface area contributed by atoms with Gasteiger partial charge in [-0.2, -0.15) is 0 Å². The number of hydrogen-bond donors (Lipinski definition) is 1. The maximum absolute atomic E-state index is 5.59. The number of hydrogen-bond acceptors (Lipinski definition) is 3. The fraction of sp³-hybridized carbons (Fsp3) is 0.600. The highest BCUT2D eigenvalue weighted by atomic mass is 16.3. The Morgan fingerprint density at radius 3 is 3.06 bits per heavy atom. The van der Waals surface area contributed by atoms with Crippen molar-refractivity contribution in [3.05, 3.63) is 23.7 Å². The van der Waals surface area contributed by atoms with Gasteiger partial charge < -0.3 is 9.73 Å². The van der Waals surface area contributed by atoms with Crippen LogP contribution < -0.4 is 5.32 Å². The van der Waals surface area contributed by atoms with Gasteiger partial charge in [0.1, 0.15) is 5.76 Å². The van der Waals surface area contributed by atoms with Crippen LogP contribution in [0.2, 0.25) is 0 Å². The van der Waals surface area contributed by atoms with Gasteiger partial charge in [0.2, 0.25) is 0 Å². The first kappa shape index (κ1) is 13.2. The third-order valence-electron chi connectivity index (χ3n) is 3.19. The molecule has 3 nitrogen and oxygen atoms in total. The van der Waals surface area contributed by atoms with Gasteiger partial charge in [0.05, 0.1) is 19.4 Å². The van der Waals surface area contributed by atoms with Crippen molar-refractivity contribution in [3.8, 4) is 12.3 Å². The molecule has 0 amide bonds. The SMILES string of the molecule is C#CCN(Cc1cc(CNCC)co1)CC1CC1. The van der Waals surface area contributed by atoms with E-state index in [1.54, 1.807) is 0 Å².